The number of nitrogens with zero attached hydrogens (tertiary/aromatic N) is 2. The Hall–Kier alpha value is -2.10. The molecule has 1 fully saturated rings. The van der Waals surface area contributed by atoms with Crippen LogP contribution in [-0.4, -0.2) is 40.5 Å². The van der Waals surface area contributed by atoms with E-state index in [1.165, 1.54) is 4.90 Å². The zero-order valence-corrected chi connectivity index (χ0v) is 12.6. The van der Waals surface area contributed by atoms with Crippen LogP contribution in [0, 0.1) is 11.3 Å². The predicted octanol–water partition coefficient (Wildman–Crippen LogP) is 0.832. The Morgan fingerprint density at radius 2 is 2.09 bits per heavy atom. The lowest BCUT2D eigenvalue weighted by atomic mass is 10.1. The molecule has 2 amide bonds. The van der Waals surface area contributed by atoms with Crippen molar-refractivity contribution in [3.8, 4) is 6.07 Å². The molecule has 0 spiro atoms. The van der Waals surface area contributed by atoms with Crippen molar-refractivity contribution in [3.05, 3.63) is 34.9 Å². The lowest BCUT2D eigenvalue weighted by Gasteiger charge is -2.22. The van der Waals surface area contributed by atoms with Gasteiger partial charge in [-0.05, 0) is 17.7 Å². The summed E-state index contributed by atoms with van der Waals surface area (Å²) in [5, 5.41) is 21.6. The fraction of sp³-hybridized carbons (Fsp3) is 0.400. The molecule has 1 aliphatic rings. The number of aliphatic hydroxyl groups is 1. The molecule has 7 heteroatoms. The molecule has 0 bridgehead atoms. The Kier molecular flexibility index (Phi) is 5.36. The van der Waals surface area contributed by atoms with E-state index in [2.05, 4.69) is 5.32 Å². The number of halogens is 1. The van der Waals surface area contributed by atoms with Crippen molar-refractivity contribution >= 4 is 23.4 Å². The SMILES string of the molecule is N#CCC(=O)N1CC(O)CC1C(=O)NCc1ccc(Cl)cc1. The van der Waals surface area contributed by atoms with Gasteiger partial charge in [0.2, 0.25) is 11.8 Å². The first kappa shape index (κ1) is 16.3. The first-order valence-electron chi connectivity index (χ1n) is 6.88. The molecule has 0 saturated carbocycles. The van der Waals surface area contributed by atoms with Crippen molar-refractivity contribution in [1.29, 1.82) is 5.26 Å². The molecular formula is C15H16ClN3O3. The molecule has 2 rings (SSSR count). The molecule has 1 saturated heterocycles. The number of carbonyl (C=O) groups is 2. The largest absolute Gasteiger partial charge is 0.391 e. The van der Waals surface area contributed by atoms with Gasteiger partial charge >= 0.3 is 0 Å². The number of β-amino-alcohol motifs (C(OH)–C–C–N with tert-alkyl or cyclic N) is 1. The molecule has 116 valence electrons. The van der Waals surface area contributed by atoms with Crippen LogP contribution in [-0.2, 0) is 16.1 Å². The Morgan fingerprint density at radius 1 is 1.41 bits per heavy atom. The second-order valence-corrected chi connectivity index (χ2v) is 5.57. The van der Waals surface area contributed by atoms with Crippen molar-refractivity contribution in [1.82, 2.24) is 10.2 Å². The van der Waals surface area contributed by atoms with E-state index in [1.54, 1.807) is 30.3 Å². The molecule has 2 atom stereocenters. The number of likely N-dealkylation sites (tertiary alicyclic amines) is 1. The van der Waals surface area contributed by atoms with Crippen molar-refractivity contribution in [2.24, 2.45) is 0 Å². The smallest absolute Gasteiger partial charge is 0.243 e. The Bertz CT molecular complexity index is 597. The number of nitrogens with one attached hydrogen (secondary N) is 1. The normalized spacial score (nSPS) is 20.5. The molecule has 0 radical (unpaired) electrons. The molecule has 6 nitrogen and oxygen atoms in total. The maximum absolute atomic E-state index is 12.2. The molecule has 22 heavy (non-hydrogen) atoms. The maximum atomic E-state index is 12.2. The first-order chi connectivity index (χ1) is 10.5. The van der Waals surface area contributed by atoms with E-state index in [9.17, 15) is 14.7 Å². The van der Waals surface area contributed by atoms with Gasteiger partial charge < -0.3 is 15.3 Å². The van der Waals surface area contributed by atoms with Gasteiger partial charge in [0.25, 0.3) is 0 Å². The molecule has 1 aromatic rings. The fourth-order valence-electron chi connectivity index (χ4n) is 2.42. The van der Waals surface area contributed by atoms with Crippen LogP contribution in [0.2, 0.25) is 5.02 Å². The van der Waals surface area contributed by atoms with E-state index in [-0.39, 0.29) is 25.3 Å². The van der Waals surface area contributed by atoms with Crippen LogP contribution in [0.25, 0.3) is 0 Å². The maximum Gasteiger partial charge on any atom is 0.243 e. The molecule has 2 unspecified atom stereocenters. The highest BCUT2D eigenvalue weighted by atomic mass is 35.5. The minimum Gasteiger partial charge on any atom is -0.391 e. The van der Waals surface area contributed by atoms with Gasteiger partial charge in [-0.25, -0.2) is 0 Å². The molecule has 1 heterocycles. The Balaban J connectivity index is 1.96. The second-order valence-electron chi connectivity index (χ2n) is 5.13. The molecular weight excluding hydrogens is 306 g/mol. The van der Waals surface area contributed by atoms with Gasteiger partial charge in [-0.3, -0.25) is 9.59 Å². The van der Waals surface area contributed by atoms with E-state index < -0.39 is 18.1 Å². The molecule has 0 aromatic heterocycles. The third-order valence-corrected chi connectivity index (χ3v) is 3.76. The average molecular weight is 322 g/mol. The quantitative estimate of drug-likeness (QED) is 0.859. The molecule has 1 aromatic carbocycles. The van der Waals surface area contributed by atoms with E-state index in [0.29, 0.717) is 11.6 Å². The number of nitriles is 1. The lowest BCUT2D eigenvalue weighted by molar-refractivity contribution is -0.137. The van der Waals surface area contributed by atoms with E-state index in [1.807, 2.05) is 0 Å². The number of aliphatic hydroxyl groups excluding tert-OH is 1. The lowest BCUT2D eigenvalue weighted by Crippen LogP contribution is -2.45. The zero-order chi connectivity index (χ0) is 16.1. The van der Waals surface area contributed by atoms with E-state index in [0.717, 1.165) is 5.56 Å². The van der Waals surface area contributed by atoms with Gasteiger partial charge in [-0.1, -0.05) is 23.7 Å². The summed E-state index contributed by atoms with van der Waals surface area (Å²) in [7, 11) is 0. The van der Waals surface area contributed by atoms with Gasteiger partial charge in [0, 0.05) is 24.5 Å². The summed E-state index contributed by atoms with van der Waals surface area (Å²) in [5.74, 6) is -0.775. The van der Waals surface area contributed by atoms with Crippen molar-refractivity contribution in [2.75, 3.05) is 6.54 Å². The highest BCUT2D eigenvalue weighted by Crippen LogP contribution is 2.19. The van der Waals surface area contributed by atoms with Crippen LogP contribution in [0.4, 0.5) is 0 Å². The summed E-state index contributed by atoms with van der Waals surface area (Å²) in [5.41, 5.74) is 0.881. The topological polar surface area (TPSA) is 93.4 Å². The fourth-order valence-corrected chi connectivity index (χ4v) is 2.54. The average Bonchev–Trinajstić information content (AvgIpc) is 2.89. The molecule has 1 aliphatic heterocycles. The predicted molar refractivity (Wildman–Crippen MR) is 79.7 cm³/mol. The van der Waals surface area contributed by atoms with Crippen LogP contribution < -0.4 is 5.32 Å². The van der Waals surface area contributed by atoms with Gasteiger partial charge in [-0.15, -0.1) is 0 Å². The van der Waals surface area contributed by atoms with E-state index in [4.69, 9.17) is 16.9 Å². The third-order valence-electron chi connectivity index (χ3n) is 3.51. The summed E-state index contributed by atoms with van der Waals surface area (Å²) in [6, 6.07) is 8.08. The first-order valence-corrected chi connectivity index (χ1v) is 7.25. The summed E-state index contributed by atoms with van der Waals surface area (Å²) in [4.78, 5) is 25.3. The zero-order valence-electron chi connectivity index (χ0n) is 11.8. The van der Waals surface area contributed by atoms with Crippen molar-refractivity contribution < 1.29 is 14.7 Å². The van der Waals surface area contributed by atoms with Crippen LogP contribution >= 0.6 is 11.6 Å². The van der Waals surface area contributed by atoms with Gasteiger partial charge in [0.1, 0.15) is 12.5 Å². The van der Waals surface area contributed by atoms with Gasteiger partial charge in [-0.2, -0.15) is 5.26 Å². The monoisotopic (exact) mass is 321 g/mol. The number of benzene rings is 1. The Morgan fingerprint density at radius 3 is 2.73 bits per heavy atom. The summed E-state index contributed by atoms with van der Waals surface area (Å²) >= 11 is 5.79. The van der Waals surface area contributed by atoms with Gasteiger partial charge in [0.15, 0.2) is 0 Å². The van der Waals surface area contributed by atoms with Crippen LogP contribution in [0.15, 0.2) is 24.3 Å². The molecule has 2 N–H and O–H groups in total. The van der Waals surface area contributed by atoms with Crippen molar-refractivity contribution in [3.63, 3.8) is 0 Å². The van der Waals surface area contributed by atoms with Crippen LogP contribution in [0.5, 0.6) is 0 Å². The van der Waals surface area contributed by atoms with E-state index >= 15 is 0 Å². The minimum absolute atomic E-state index is 0.0829. The summed E-state index contributed by atoms with van der Waals surface area (Å²) in [6.45, 7) is 0.391. The van der Waals surface area contributed by atoms with Gasteiger partial charge in [0.05, 0.1) is 12.2 Å². The summed E-state index contributed by atoms with van der Waals surface area (Å²) in [6.07, 6.45) is -0.856. The number of carbonyl (C=O) groups excluding carboxylic acids is 2. The summed E-state index contributed by atoms with van der Waals surface area (Å²) < 4.78 is 0. The second kappa shape index (κ2) is 7.25. The highest BCUT2D eigenvalue weighted by molar-refractivity contribution is 6.30. The number of rotatable bonds is 4. The third kappa shape index (κ3) is 3.97. The molecule has 0 aliphatic carbocycles. The number of amides is 2. The van der Waals surface area contributed by atoms with Crippen molar-refractivity contribution in [2.45, 2.75) is 31.5 Å². The van der Waals surface area contributed by atoms with Crippen LogP contribution in [0.3, 0.4) is 0 Å². The van der Waals surface area contributed by atoms with Crippen LogP contribution in [0.1, 0.15) is 18.4 Å². The minimum atomic E-state index is -0.742. The Labute approximate surface area is 133 Å². The number of hydrogen-bond acceptors (Lipinski definition) is 4. The standard InChI is InChI=1S/C15H16ClN3O3/c16-11-3-1-10(2-4-11)8-18-15(22)13-7-12(20)9-19(13)14(21)5-6-17/h1-4,12-13,20H,5,7-9H2,(H,18,22). The number of hydrogen-bond donors (Lipinski definition) is 2. The highest BCUT2D eigenvalue weighted by Gasteiger charge is 2.38.